The highest BCUT2D eigenvalue weighted by Gasteiger charge is 2.22. The van der Waals surface area contributed by atoms with Crippen molar-refractivity contribution in [1.29, 1.82) is 0 Å². The van der Waals surface area contributed by atoms with Crippen LogP contribution in [0.5, 0.6) is 5.88 Å². The molecule has 0 aliphatic carbocycles. The second-order valence-corrected chi connectivity index (χ2v) is 8.09. The number of fused-ring (bicyclic) bond motifs is 1. The van der Waals surface area contributed by atoms with E-state index in [-0.39, 0.29) is 12.1 Å². The lowest BCUT2D eigenvalue weighted by Gasteiger charge is -2.28. The number of rotatable bonds is 5. The first kappa shape index (κ1) is 19.5. The van der Waals surface area contributed by atoms with Crippen LogP contribution in [-0.2, 0) is 0 Å². The number of hydrogen-bond acceptors (Lipinski definition) is 8. The molecule has 31 heavy (non-hydrogen) atoms. The zero-order valence-corrected chi connectivity index (χ0v) is 17.6. The van der Waals surface area contributed by atoms with E-state index in [9.17, 15) is 0 Å². The van der Waals surface area contributed by atoms with Crippen molar-refractivity contribution in [3.05, 3.63) is 36.8 Å². The van der Waals surface area contributed by atoms with E-state index >= 15 is 0 Å². The van der Waals surface area contributed by atoms with Gasteiger partial charge in [-0.1, -0.05) is 11.2 Å². The summed E-state index contributed by atoms with van der Waals surface area (Å²) in [5.41, 5.74) is 9.50. The molecule has 0 spiro atoms. The Balaban J connectivity index is 1.46. The maximum absolute atomic E-state index is 6.01. The van der Waals surface area contributed by atoms with Gasteiger partial charge in [0.25, 0.3) is 5.89 Å². The third kappa shape index (κ3) is 3.96. The fourth-order valence-electron chi connectivity index (χ4n) is 3.79. The summed E-state index contributed by atoms with van der Waals surface area (Å²) >= 11 is 0. The molecule has 3 N–H and O–H groups in total. The quantitative estimate of drug-likeness (QED) is 0.505. The van der Waals surface area contributed by atoms with E-state index in [1.807, 2.05) is 38.2 Å². The highest BCUT2D eigenvalue weighted by atomic mass is 16.5. The molecule has 4 heterocycles. The first-order valence-corrected chi connectivity index (χ1v) is 10.5. The molecule has 1 saturated heterocycles. The number of aromatic nitrogens is 5. The number of ether oxygens (including phenoxy) is 1. The van der Waals surface area contributed by atoms with Gasteiger partial charge < -0.3 is 24.8 Å². The topological polar surface area (TPSA) is 119 Å². The molecule has 160 valence electrons. The Morgan fingerprint density at radius 3 is 2.84 bits per heavy atom. The molecular formula is C22H25N7O2. The molecule has 9 nitrogen and oxygen atoms in total. The number of anilines is 1. The Kier molecular flexibility index (Phi) is 5.03. The summed E-state index contributed by atoms with van der Waals surface area (Å²) in [5.74, 6) is 0.987. The molecular weight excluding hydrogens is 394 g/mol. The Morgan fingerprint density at radius 2 is 2.03 bits per heavy atom. The third-order valence-electron chi connectivity index (χ3n) is 5.40. The van der Waals surface area contributed by atoms with Crippen molar-refractivity contribution < 1.29 is 9.15 Å². The highest BCUT2D eigenvalue weighted by molar-refractivity contribution is 5.96. The highest BCUT2D eigenvalue weighted by Crippen LogP contribution is 2.32. The first-order valence-electron chi connectivity index (χ1n) is 10.5. The lowest BCUT2D eigenvalue weighted by molar-refractivity contribution is 0.232. The Labute approximate surface area is 179 Å². The predicted molar refractivity (Wildman–Crippen MR) is 118 cm³/mol. The number of aromatic amines is 1. The normalized spacial score (nSPS) is 15.2. The molecule has 0 amide bonds. The number of benzene rings is 1. The van der Waals surface area contributed by atoms with Gasteiger partial charge in [-0.25, -0.2) is 4.98 Å². The van der Waals surface area contributed by atoms with Crippen LogP contribution in [-0.4, -0.2) is 50.4 Å². The molecule has 9 heteroatoms. The molecule has 0 bridgehead atoms. The van der Waals surface area contributed by atoms with Gasteiger partial charge in [-0.2, -0.15) is 0 Å². The van der Waals surface area contributed by atoms with E-state index in [1.165, 1.54) is 0 Å². The van der Waals surface area contributed by atoms with Crippen molar-refractivity contribution in [2.24, 2.45) is 5.73 Å². The smallest absolute Gasteiger partial charge is 0.318 e. The second-order valence-electron chi connectivity index (χ2n) is 8.09. The van der Waals surface area contributed by atoms with Gasteiger partial charge in [-0.3, -0.25) is 4.98 Å². The van der Waals surface area contributed by atoms with E-state index in [1.54, 1.807) is 12.4 Å². The van der Waals surface area contributed by atoms with Gasteiger partial charge in [0.05, 0.1) is 29.8 Å². The summed E-state index contributed by atoms with van der Waals surface area (Å²) in [5, 5.41) is 9.53. The summed E-state index contributed by atoms with van der Waals surface area (Å²) in [7, 11) is 0. The van der Waals surface area contributed by atoms with E-state index < -0.39 is 0 Å². The molecule has 0 unspecified atom stereocenters. The molecule has 1 aliphatic heterocycles. The van der Waals surface area contributed by atoms with Crippen LogP contribution in [0.4, 0.5) is 6.01 Å². The Hall–Kier alpha value is -3.46. The SMILES string of the molecule is CC(C)Oc1cncc(-c2ccc3[nH]cc(-c4nnc(N5CCC(N)CC5)o4)c3c2)n1. The molecule has 1 aromatic carbocycles. The fraction of sp³-hybridized carbons (Fsp3) is 0.364. The van der Waals surface area contributed by atoms with Crippen LogP contribution in [0.15, 0.2) is 41.2 Å². The summed E-state index contributed by atoms with van der Waals surface area (Å²) in [6.45, 7) is 5.58. The first-order chi connectivity index (χ1) is 15.1. The minimum Gasteiger partial charge on any atom is -0.474 e. The minimum atomic E-state index is 0.0330. The van der Waals surface area contributed by atoms with Gasteiger partial charge in [-0.15, -0.1) is 5.10 Å². The van der Waals surface area contributed by atoms with Crippen molar-refractivity contribution in [2.75, 3.05) is 18.0 Å². The van der Waals surface area contributed by atoms with Gasteiger partial charge in [0.2, 0.25) is 5.88 Å². The Morgan fingerprint density at radius 1 is 1.19 bits per heavy atom. The maximum Gasteiger partial charge on any atom is 0.318 e. The van der Waals surface area contributed by atoms with Crippen LogP contribution in [0.25, 0.3) is 33.6 Å². The van der Waals surface area contributed by atoms with E-state index in [0.29, 0.717) is 17.8 Å². The molecule has 3 aromatic heterocycles. The van der Waals surface area contributed by atoms with Gasteiger partial charge in [-0.05, 0) is 38.8 Å². The fourth-order valence-corrected chi connectivity index (χ4v) is 3.79. The number of nitrogens with one attached hydrogen (secondary N) is 1. The minimum absolute atomic E-state index is 0.0330. The van der Waals surface area contributed by atoms with Crippen LogP contribution in [0.2, 0.25) is 0 Å². The molecule has 1 aliphatic rings. The number of piperidine rings is 1. The monoisotopic (exact) mass is 419 g/mol. The zero-order valence-electron chi connectivity index (χ0n) is 17.6. The number of hydrogen-bond donors (Lipinski definition) is 2. The van der Waals surface area contributed by atoms with E-state index in [2.05, 4.69) is 30.0 Å². The maximum atomic E-state index is 6.01. The van der Waals surface area contributed by atoms with Gasteiger partial charge in [0.15, 0.2) is 0 Å². The van der Waals surface area contributed by atoms with Crippen LogP contribution in [0.3, 0.4) is 0 Å². The third-order valence-corrected chi connectivity index (χ3v) is 5.40. The molecule has 4 aromatic rings. The molecule has 5 rings (SSSR count). The molecule has 1 fully saturated rings. The largest absolute Gasteiger partial charge is 0.474 e. The molecule has 0 atom stereocenters. The van der Waals surface area contributed by atoms with Crippen molar-refractivity contribution in [2.45, 2.75) is 38.8 Å². The Bertz CT molecular complexity index is 1190. The average molecular weight is 419 g/mol. The van der Waals surface area contributed by atoms with Crippen LogP contribution in [0.1, 0.15) is 26.7 Å². The van der Waals surface area contributed by atoms with Crippen molar-refractivity contribution in [3.63, 3.8) is 0 Å². The average Bonchev–Trinajstić information content (AvgIpc) is 3.40. The standard InChI is InChI=1S/C22H25N7O2/c1-13(2)30-20-12-24-11-19(26-20)14-3-4-18-16(9-14)17(10-25-18)21-27-28-22(31-21)29-7-5-15(23)6-8-29/h3-4,9-13,15,25H,5-8,23H2,1-2H3. The van der Waals surface area contributed by atoms with Gasteiger partial charge >= 0.3 is 6.01 Å². The van der Waals surface area contributed by atoms with Crippen LogP contribution in [0, 0.1) is 0 Å². The lowest BCUT2D eigenvalue weighted by atomic mass is 10.1. The molecule has 0 saturated carbocycles. The predicted octanol–water partition coefficient (Wildman–Crippen LogP) is 3.39. The van der Waals surface area contributed by atoms with Crippen LogP contribution >= 0.6 is 0 Å². The molecule has 0 radical (unpaired) electrons. The van der Waals surface area contributed by atoms with Gasteiger partial charge in [0, 0.05) is 41.8 Å². The summed E-state index contributed by atoms with van der Waals surface area (Å²) < 4.78 is 11.7. The summed E-state index contributed by atoms with van der Waals surface area (Å²) in [4.78, 5) is 14.2. The summed E-state index contributed by atoms with van der Waals surface area (Å²) in [6, 6.07) is 6.85. The lowest BCUT2D eigenvalue weighted by Crippen LogP contribution is -2.39. The second kappa shape index (κ2) is 7.99. The van der Waals surface area contributed by atoms with Crippen molar-refractivity contribution in [1.82, 2.24) is 25.1 Å². The van der Waals surface area contributed by atoms with Crippen molar-refractivity contribution >= 4 is 16.9 Å². The number of nitrogens with two attached hydrogens (primary N) is 1. The van der Waals surface area contributed by atoms with Crippen molar-refractivity contribution in [3.8, 4) is 28.6 Å². The van der Waals surface area contributed by atoms with E-state index in [4.69, 9.17) is 14.9 Å². The number of nitrogens with zero attached hydrogens (tertiary/aromatic N) is 5. The van der Waals surface area contributed by atoms with Gasteiger partial charge in [0.1, 0.15) is 0 Å². The van der Waals surface area contributed by atoms with E-state index in [0.717, 1.165) is 53.7 Å². The summed E-state index contributed by atoms with van der Waals surface area (Å²) in [6.07, 6.45) is 7.13. The number of H-pyrrole nitrogens is 1. The zero-order chi connectivity index (χ0) is 21.4. The van der Waals surface area contributed by atoms with Crippen LogP contribution < -0.4 is 15.4 Å².